The maximum Gasteiger partial charge on any atom is 0.255 e. The number of carbonyl (C=O) groups excluding carboxylic acids is 1. The standard InChI is InChI=1S/C30H30N6O4S2/c1-36(2)21-11-9-17(10-12-21)28(37)32-19-8-6-7-18(13-19)22-16-41-29(34-22)26-27(31)35-30(42-26)33-20-14-23(38-3)25(40-5)24(15-20)39-4/h6-16H,31H2,1-5H3,(H,32,37)(H,33,35). The Hall–Kier alpha value is -4.81. The summed E-state index contributed by atoms with van der Waals surface area (Å²) < 4.78 is 16.3. The van der Waals surface area contributed by atoms with Crippen LogP contribution in [-0.2, 0) is 0 Å². The normalized spacial score (nSPS) is 10.7. The van der Waals surface area contributed by atoms with E-state index in [1.807, 2.05) is 72.9 Å². The number of nitrogens with two attached hydrogens (primary N) is 1. The van der Waals surface area contributed by atoms with E-state index in [0.717, 1.165) is 26.8 Å². The van der Waals surface area contributed by atoms with Crippen LogP contribution in [0, 0.1) is 0 Å². The maximum atomic E-state index is 12.8. The highest BCUT2D eigenvalue weighted by Crippen LogP contribution is 2.43. The molecule has 0 aliphatic carbocycles. The van der Waals surface area contributed by atoms with Gasteiger partial charge in [-0.1, -0.05) is 23.5 Å². The number of benzene rings is 3. The molecule has 5 rings (SSSR count). The van der Waals surface area contributed by atoms with Gasteiger partial charge in [-0.3, -0.25) is 4.79 Å². The number of ether oxygens (including phenoxy) is 3. The van der Waals surface area contributed by atoms with E-state index in [9.17, 15) is 4.79 Å². The van der Waals surface area contributed by atoms with Gasteiger partial charge in [-0.2, -0.15) is 0 Å². The van der Waals surface area contributed by atoms with Crippen molar-refractivity contribution >= 4 is 56.6 Å². The molecule has 1 amide bonds. The Labute approximate surface area is 251 Å². The van der Waals surface area contributed by atoms with Gasteiger partial charge in [-0.05, 0) is 36.4 Å². The number of methoxy groups -OCH3 is 3. The average Bonchev–Trinajstić information content (AvgIpc) is 3.63. The number of rotatable bonds is 10. The van der Waals surface area contributed by atoms with Crippen LogP contribution in [0.1, 0.15) is 10.4 Å². The molecule has 0 aliphatic heterocycles. The summed E-state index contributed by atoms with van der Waals surface area (Å²) in [7, 11) is 8.60. The van der Waals surface area contributed by atoms with Crippen molar-refractivity contribution in [2.45, 2.75) is 0 Å². The third-order valence-corrected chi connectivity index (χ3v) is 8.31. The number of thiazole rings is 2. The van der Waals surface area contributed by atoms with E-state index in [4.69, 9.17) is 24.9 Å². The van der Waals surface area contributed by atoms with Crippen LogP contribution < -0.4 is 35.5 Å². The van der Waals surface area contributed by atoms with Crippen LogP contribution in [0.2, 0.25) is 0 Å². The molecular weight excluding hydrogens is 573 g/mol. The second-order valence-electron chi connectivity index (χ2n) is 9.29. The molecule has 0 unspecified atom stereocenters. The maximum absolute atomic E-state index is 12.8. The van der Waals surface area contributed by atoms with Gasteiger partial charge in [0.1, 0.15) is 15.7 Å². The van der Waals surface area contributed by atoms with E-state index in [0.29, 0.717) is 45.1 Å². The number of anilines is 5. The zero-order valence-electron chi connectivity index (χ0n) is 23.7. The van der Waals surface area contributed by atoms with Crippen LogP contribution in [-0.4, -0.2) is 51.3 Å². The first-order valence-corrected chi connectivity index (χ1v) is 14.5. The van der Waals surface area contributed by atoms with Gasteiger partial charge in [-0.15, -0.1) is 11.3 Å². The van der Waals surface area contributed by atoms with E-state index in [1.54, 1.807) is 33.5 Å². The Balaban J connectivity index is 1.32. The molecule has 42 heavy (non-hydrogen) atoms. The Kier molecular flexibility index (Phi) is 8.46. The molecule has 0 fully saturated rings. The Morgan fingerprint density at radius 1 is 0.905 bits per heavy atom. The van der Waals surface area contributed by atoms with Gasteiger partial charge in [0.25, 0.3) is 5.91 Å². The van der Waals surface area contributed by atoms with Gasteiger partial charge >= 0.3 is 0 Å². The molecule has 216 valence electrons. The lowest BCUT2D eigenvalue weighted by molar-refractivity contribution is 0.102. The van der Waals surface area contributed by atoms with Crippen molar-refractivity contribution in [3.05, 3.63) is 71.6 Å². The summed E-state index contributed by atoms with van der Waals surface area (Å²) >= 11 is 2.86. The predicted octanol–water partition coefficient (Wildman–Crippen LogP) is 6.60. The SMILES string of the molecule is COc1cc(Nc2nc(N)c(-c3nc(-c4cccc(NC(=O)c5ccc(N(C)C)cc5)c4)cs3)s2)cc(OC)c1OC. The molecule has 3 aromatic carbocycles. The van der Waals surface area contributed by atoms with E-state index < -0.39 is 0 Å². The third-order valence-electron chi connectivity index (χ3n) is 6.33. The first-order valence-electron chi connectivity index (χ1n) is 12.8. The molecule has 10 nitrogen and oxygen atoms in total. The quantitative estimate of drug-likeness (QED) is 0.162. The Bertz CT molecular complexity index is 1690. The highest BCUT2D eigenvalue weighted by atomic mass is 32.1. The number of amides is 1. The van der Waals surface area contributed by atoms with Gasteiger partial charge in [-0.25, -0.2) is 9.97 Å². The summed E-state index contributed by atoms with van der Waals surface area (Å²) in [5.41, 5.74) is 10.9. The average molecular weight is 603 g/mol. The zero-order valence-corrected chi connectivity index (χ0v) is 25.4. The molecule has 2 aromatic heterocycles. The molecule has 0 saturated heterocycles. The molecule has 4 N–H and O–H groups in total. The number of aromatic nitrogens is 2. The molecule has 0 bridgehead atoms. The minimum atomic E-state index is -0.180. The number of hydrogen-bond acceptors (Lipinski definition) is 11. The predicted molar refractivity (Wildman–Crippen MR) is 171 cm³/mol. The van der Waals surface area contributed by atoms with E-state index in [2.05, 4.69) is 15.6 Å². The van der Waals surface area contributed by atoms with Gasteiger partial charge in [0.15, 0.2) is 16.6 Å². The second-order valence-corrected chi connectivity index (χ2v) is 11.1. The minimum Gasteiger partial charge on any atom is -0.493 e. The zero-order chi connectivity index (χ0) is 29.8. The summed E-state index contributed by atoms with van der Waals surface area (Å²) in [5, 5.41) is 9.54. The lowest BCUT2D eigenvalue weighted by Crippen LogP contribution is -2.13. The number of nitrogens with zero attached hydrogens (tertiary/aromatic N) is 3. The van der Waals surface area contributed by atoms with Crippen LogP contribution in [0.15, 0.2) is 66.0 Å². The van der Waals surface area contributed by atoms with Crippen molar-refractivity contribution in [1.29, 1.82) is 0 Å². The Morgan fingerprint density at radius 3 is 2.26 bits per heavy atom. The van der Waals surface area contributed by atoms with E-state index in [1.165, 1.54) is 22.7 Å². The number of carbonyl (C=O) groups is 1. The van der Waals surface area contributed by atoms with Gasteiger partial charge in [0.2, 0.25) is 5.75 Å². The fourth-order valence-electron chi connectivity index (χ4n) is 4.20. The van der Waals surface area contributed by atoms with Crippen molar-refractivity contribution in [2.24, 2.45) is 0 Å². The number of hydrogen-bond donors (Lipinski definition) is 3. The van der Waals surface area contributed by atoms with Crippen LogP contribution in [0.25, 0.3) is 21.1 Å². The van der Waals surface area contributed by atoms with Gasteiger partial charge < -0.3 is 35.5 Å². The molecule has 2 heterocycles. The van der Waals surface area contributed by atoms with Crippen molar-refractivity contribution in [3.8, 4) is 38.4 Å². The fraction of sp³-hybridized carbons (Fsp3) is 0.167. The first kappa shape index (κ1) is 28.7. The summed E-state index contributed by atoms with van der Waals surface area (Å²) in [6, 6.07) is 18.6. The highest BCUT2D eigenvalue weighted by Gasteiger charge is 2.18. The Morgan fingerprint density at radius 2 is 1.62 bits per heavy atom. The summed E-state index contributed by atoms with van der Waals surface area (Å²) in [6.07, 6.45) is 0. The number of nitrogens with one attached hydrogen (secondary N) is 2. The summed E-state index contributed by atoms with van der Waals surface area (Å²) in [4.78, 5) is 24.9. The van der Waals surface area contributed by atoms with Crippen LogP contribution in [0.5, 0.6) is 17.2 Å². The van der Waals surface area contributed by atoms with E-state index in [-0.39, 0.29) is 5.91 Å². The summed E-state index contributed by atoms with van der Waals surface area (Å²) in [5.74, 6) is 1.74. The third kappa shape index (κ3) is 6.09. The molecule has 0 saturated carbocycles. The number of nitrogen functional groups attached to an aromatic ring is 1. The molecule has 0 atom stereocenters. The first-order chi connectivity index (χ1) is 20.3. The van der Waals surface area contributed by atoms with Crippen LogP contribution in [0.3, 0.4) is 0 Å². The summed E-state index contributed by atoms with van der Waals surface area (Å²) in [6.45, 7) is 0. The van der Waals surface area contributed by atoms with Gasteiger partial charge in [0, 0.05) is 59.8 Å². The van der Waals surface area contributed by atoms with Crippen molar-refractivity contribution < 1.29 is 19.0 Å². The van der Waals surface area contributed by atoms with Gasteiger partial charge in [0.05, 0.1) is 27.0 Å². The molecule has 0 spiro atoms. The topological polar surface area (TPSA) is 124 Å². The molecule has 0 aliphatic rings. The monoisotopic (exact) mass is 602 g/mol. The molecule has 0 radical (unpaired) electrons. The fourth-order valence-corrected chi connectivity index (χ4v) is 6.03. The smallest absolute Gasteiger partial charge is 0.255 e. The second kappa shape index (κ2) is 12.4. The lowest BCUT2D eigenvalue weighted by atomic mass is 10.1. The lowest BCUT2D eigenvalue weighted by Gasteiger charge is -2.14. The van der Waals surface area contributed by atoms with Crippen LogP contribution in [0.4, 0.5) is 28.0 Å². The molecule has 5 aromatic rings. The molecular formula is C30H30N6O4S2. The van der Waals surface area contributed by atoms with Crippen molar-refractivity contribution in [1.82, 2.24) is 9.97 Å². The van der Waals surface area contributed by atoms with Crippen LogP contribution >= 0.6 is 22.7 Å². The van der Waals surface area contributed by atoms with Crippen molar-refractivity contribution in [3.63, 3.8) is 0 Å². The minimum absolute atomic E-state index is 0.180. The van der Waals surface area contributed by atoms with E-state index >= 15 is 0 Å². The highest BCUT2D eigenvalue weighted by molar-refractivity contribution is 7.23. The molecule has 12 heteroatoms. The van der Waals surface area contributed by atoms with Crippen molar-refractivity contribution in [2.75, 3.05) is 56.7 Å². The largest absolute Gasteiger partial charge is 0.493 e.